The van der Waals surface area contributed by atoms with Gasteiger partial charge in [-0.15, -0.1) is 0 Å². The van der Waals surface area contributed by atoms with Gasteiger partial charge in [0.15, 0.2) is 0 Å². The molecule has 0 aliphatic carbocycles. The van der Waals surface area contributed by atoms with E-state index in [0.29, 0.717) is 11.3 Å². The van der Waals surface area contributed by atoms with E-state index in [9.17, 15) is 4.79 Å². The number of nitrogens with one attached hydrogen (secondary N) is 2. The number of carbonyl (C=O) groups excluding carboxylic acids is 1. The first kappa shape index (κ1) is 17.6. The molecule has 0 radical (unpaired) electrons. The lowest BCUT2D eigenvalue weighted by Crippen LogP contribution is -2.16. The Morgan fingerprint density at radius 1 is 0.846 bits per heavy atom. The van der Waals surface area contributed by atoms with E-state index >= 15 is 0 Å². The number of carbonyl (C=O) groups is 1. The number of rotatable bonds is 4. The first-order valence-electron chi connectivity index (χ1n) is 8.12. The summed E-state index contributed by atoms with van der Waals surface area (Å²) in [5.41, 5.74) is 3.25. The van der Waals surface area contributed by atoms with Gasteiger partial charge < -0.3 is 15.4 Å². The van der Waals surface area contributed by atoms with Crippen LogP contribution in [0.2, 0.25) is 0 Å². The summed E-state index contributed by atoms with van der Waals surface area (Å²) in [6.45, 7) is 1.98. The van der Waals surface area contributed by atoms with E-state index < -0.39 is 0 Å². The number of anilines is 2. The fraction of sp³-hybridized carbons (Fsp3) is 0.0476. The van der Waals surface area contributed by atoms with Crippen molar-refractivity contribution < 1.29 is 9.53 Å². The summed E-state index contributed by atoms with van der Waals surface area (Å²) in [7, 11) is 0. The third-order valence-electron chi connectivity index (χ3n) is 3.62. The molecule has 0 unspecified atom stereocenters. The van der Waals surface area contributed by atoms with Crippen molar-refractivity contribution in [2.24, 2.45) is 0 Å². The Balaban J connectivity index is 1.59. The number of ether oxygens (including phenoxy) is 1. The number of hydrogen-bond acceptors (Lipinski definition) is 3. The van der Waals surface area contributed by atoms with E-state index in [4.69, 9.17) is 17.0 Å². The summed E-state index contributed by atoms with van der Waals surface area (Å²) >= 11 is 5.19. The van der Waals surface area contributed by atoms with Gasteiger partial charge in [-0.2, -0.15) is 0 Å². The van der Waals surface area contributed by atoms with Crippen LogP contribution in [-0.4, -0.2) is 11.1 Å². The van der Waals surface area contributed by atoms with Crippen LogP contribution in [-0.2, 0) is 0 Å². The van der Waals surface area contributed by atoms with Gasteiger partial charge >= 0.3 is 0 Å². The summed E-state index contributed by atoms with van der Waals surface area (Å²) < 4.78 is 5.58. The van der Waals surface area contributed by atoms with Crippen LogP contribution in [0.15, 0.2) is 78.9 Å². The van der Waals surface area contributed by atoms with Gasteiger partial charge in [-0.3, -0.25) is 4.79 Å². The monoisotopic (exact) mass is 362 g/mol. The zero-order valence-corrected chi connectivity index (χ0v) is 15.0. The van der Waals surface area contributed by atoms with Crippen molar-refractivity contribution >= 4 is 34.7 Å². The molecule has 3 aromatic rings. The zero-order valence-electron chi connectivity index (χ0n) is 14.2. The molecule has 0 saturated carbocycles. The van der Waals surface area contributed by atoms with Crippen molar-refractivity contribution in [1.82, 2.24) is 0 Å². The largest absolute Gasteiger partial charge is 0.432 e. The van der Waals surface area contributed by atoms with E-state index in [1.54, 1.807) is 24.3 Å². The second-order valence-electron chi connectivity index (χ2n) is 5.73. The van der Waals surface area contributed by atoms with Gasteiger partial charge in [0, 0.05) is 16.9 Å². The summed E-state index contributed by atoms with van der Waals surface area (Å²) in [4.78, 5) is 12.3. The standard InChI is InChI=1S/C21H18N2O2S/c1-15-6-5-9-18(14-15)22-20(24)16-10-12-19(13-11-16)25-21(26)23-17-7-3-2-4-8-17/h2-14H,1H3,(H,22,24)(H,23,26). The molecule has 0 heterocycles. The molecule has 0 aliphatic heterocycles. The van der Waals surface area contributed by atoms with Crippen LogP contribution >= 0.6 is 12.2 Å². The average Bonchev–Trinajstić information content (AvgIpc) is 2.63. The Bertz CT molecular complexity index is 909. The fourth-order valence-electron chi connectivity index (χ4n) is 2.37. The molecular formula is C21H18N2O2S. The topological polar surface area (TPSA) is 50.4 Å². The minimum Gasteiger partial charge on any atom is -0.432 e. The smallest absolute Gasteiger partial charge is 0.266 e. The van der Waals surface area contributed by atoms with Crippen LogP contribution in [0.25, 0.3) is 0 Å². The molecule has 0 spiro atoms. The molecule has 0 atom stereocenters. The maximum atomic E-state index is 12.3. The fourth-order valence-corrected chi connectivity index (χ4v) is 2.59. The molecule has 26 heavy (non-hydrogen) atoms. The highest BCUT2D eigenvalue weighted by molar-refractivity contribution is 7.80. The highest BCUT2D eigenvalue weighted by Gasteiger charge is 2.07. The average molecular weight is 362 g/mol. The van der Waals surface area contributed by atoms with Crippen LogP contribution in [0.5, 0.6) is 5.75 Å². The highest BCUT2D eigenvalue weighted by atomic mass is 32.1. The number of benzene rings is 3. The van der Waals surface area contributed by atoms with Gasteiger partial charge in [0.2, 0.25) is 0 Å². The van der Waals surface area contributed by atoms with Gasteiger partial charge in [0.1, 0.15) is 5.75 Å². The van der Waals surface area contributed by atoms with E-state index in [-0.39, 0.29) is 11.1 Å². The maximum absolute atomic E-state index is 12.3. The second kappa shape index (κ2) is 8.27. The van der Waals surface area contributed by atoms with Gasteiger partial charge in [-0.1, -0.05) is 30.3 Å². The minimum atomic E-state index is -0.174. The SMILES string of the molecule is Cc1cccc(NC(=O)c2ccc(OC(=S)Nc3ccccc3)cc2)c1. The summed E-state index contributed by atoms with van der Waals surface area (Å²) in [6, 6.07) is 24.0. The van der Waals surface area contributed by atoms with Gasteiger partial charge in [0.25, 0.3) is 11.1 Å². The lowest BCUT2D eigenvalue weighted by molar-refractivity contribution is 0.102. The van der Waals surface area contributed by atoms with Crippen LogP contribution in [0, 0.1) is 6.92 Å². The third kappa shape index (κ3) is 4.91. The molecule has 130 valence electrons. The quantitative estimate of drug-likeness (QED) is 0.640. The van der Waals surface area contributed by atoms with Gasteiger partial charge in [-0.25, -0.2) is 0 Å². The van der Waals surface area contributed by atoms with Crippen molar-refractivity contribution in [3.05, 3.63) is 90.0 Å². The highest BCUT2D eigenvalue weighted by Crippen LogP contribution is 2.16. The van der Waals surface area contributed by atoms with Crippen molar-refractivity contribution in [1.29, 1.82) is 0 Å². The Morgan fingerprint density at radius 2 is 1.54 bits per heavy atom. The molecule has 5 heteroatoms. The second-order valence-corrected chi connectivity index (χ2v) is 6.10. The third-order valence-corrected chi connectivity index (χ3v) is 3.81. The van der Waals surface area contributed by atoms with Crippen molar-refractivity contribution in [3.63, 3.8) is 0 Å². The lowest BCUT2D eigenvalue weighted by atomic mass is 10.2. The number of para-hydroxylation sites is 1. The molecule has 3 rings (SSSR count). The molecule has 0 aromatic heterocycles. The Morgan fingerprint density at radius 3 is 2.23 bits per heavy atom. The number of thiocarbonyl (C=S) groups is 1. The van der Waals surface area contributed by atoms with E-state index in [1.165, 1.54) is 0 Å². The lowest BCUT2D eigenvalue weighted by Gasteiger charge is -2.10. The van der Waals surface area contributed by atoms with Crippen LogP contribution in [0.4, 0.5) is 11.4 Å². The molecule has 1 amide bonds. The normalized spacial score (nSPS) is 10.0. The first-order valence-corrected chi connectivity index (χ1v) is 8.53. The maximum Gasteiger partial charge on any atom is 0.266 e. The number of hydrogen-bond donors (Lipinski definition) is 2. The molecule has 0 saturated heterocycles. The predicted molar refractivity (Wildman–Crippen MR) is 109 cm³/mol. The van der Waals surface area contributed by atoms with Gasteiger partial charge in [0.05, 0.1) is 0 Å². The first-order chi connectivity index (χ1) is 12.6. The summed E-state index contributed by atoms with van der Waals surface area (Å²) in [5.74, 6) is 0.387. The number of amides is 1. The van der Waals surface area contributed by atoms with E-state index in [2.05, 4.69) is 10.6 Å². The predicted octanol–water partition coefficient (Wildman–Crippen LogP) is 5.02. The summed E-state index contributed by atoms with van der Waals surface area (Å²) in [5, 5.41) is 6.11. The van der Waals surface area contributed by atoms with Crippen molar-refractivity contribution in [2.75, 3.05) is 10.6 Å². The molecule has 0 fully saturated rings. The Labute approximate surface area is 157 Å². The van der Waals surface area contributed by atoms with Crippen LogP contribution < -0.4 is 15.4 Å². The van der Waals surface area contributed by atoms with Crippen molar-refractivity contribution in [2.45, 2.75) is 6.92 Å². The van der Waals surface area contributed by atoms with Crippen LogP contribution in [0.1, 0.15) is 15.9 Å². The number of aryl methyl sites for hydroxylation is 1. The van der Waals surface area contributed by atoms with E-state index in [0.717, 1.165) is 16.9 Å². The Hall–Kier alpha value is -3.18. The summed E-state index contributed by atoms with van der Waals surface area (Å²) in [6.07, 6.45) is 0. The molecule has 3 aromatic carbocycles. The van der Waals surface area contributed by atoms with Crippen LogP contribution in [0.3, 0.4) is 0 Å². The molecular weight excluding hydrogens is 344 g/mol. The Kier molecular flexibility index (Phi) is 5.61. The molecule has 2 N–H and O–H groups in total. The molecule has 0 aliphatic rings. The van der Waals surface area contributed by atoms with Gasteiger partial charge in [-0.05, 0) is 73.2 Å². The minimum absolute atomic E-state index is 0.174. The zero-order chi connectivity index (χ0) is 18.4. The van der Waals surface area contributed by atoms with E-state index in [1.807, 2.05) is 61.5 Å². The molecule has 4 nitrogen and oxygen atoms in total. The van der Waals surface area contributed by atoms with Crippen molar-refractivity contribution in [3.8, 4) is 5.75 Å². The molecule has 0 bridgehead atoms.